The molecule has 2 heterocycles. The fourth-order valence-corrected chi connectivity index (χ4v) is 3.68. The van der Waals surface area contributed by atoms with Crippen LogP contribution in [0.2, 0.25) is 0 Å². The molecule has 10 heteroatoms. The van der Waals surface area contributed by atoms with Crippen LogP contribution in [0.15, 0.2) is 22.7 Å². The molecule has 0 spiro atoms. The van der Waals surface area contributed by atoms with Gasteiger partial charge in [0.25, 0.3) is 0 Å². The molecule has 1 aliphatic rings. The van der Waals surface area contributed by atoms with Crippen LogP contribution < -0.4 is 0 Å². The third-order valence-electron chi connectivity index (χ3n) is 5.70. The maximum Gasteiger partial charge on any atom is 0.309 e. The summed E-state index contributed by atoms with van der Waals surface area (Å²) in [6.45, 7) is 4.68. The Morgan fingerprint density at radius 1 is 1.27 bits per heavy atom. The number of aromatic nitrogens is 2. The summed E-state index contributed by atoms with van der Waals surface area (Å²) in [6.07, 6.45) is 1.47. The van der Waals surface area contributed by atoms with Crippen molar-refractivity contribution in [2.24, 2.45) is 5.92 Å². The third-order valence-corrected chi connectivity index (χ3v) is 5.70. The van der Waals surface area contributed by atoms with E-state index < -0.39 is 0 Å². The lowest BCUT2D eigenvalue weighted by Crippen LogP contribution is -2.45. The van der Waals surface area contributed by atoms with Crippen LogP contribution in [0.1, 0.15) is 37.6 Å². The molecule has 0 atom stereocenters. The van der Waals surface area contributed by atoms with Crippen molar-refractivity contribution in [2.75, 3.05) is 33.3 Å². The van der Waals surface area contributed by atoms with Crippen LogP contribution in [-0.2, 0) is 25.5 Å². The van der Waals surface area contributed by atoms with Crippen LogP contribution in [0, 0.1) is 18.7 Å². The van der Waals surface area contributed by atoms with Gasteiger partial charge in [0.1, 0.15) is 5.82 Å². The topological polar surface area (TPSA) is 106 Å². The van der Waals surface area contributed by atoms with Gasteiger partial charge in [-0.25, -0.2) is 4.39 Å². The zero-order valence-electron chi connectivity index (χ0n) is 19.2. The number of aryl methyl sites for hydroxylation is 2. The molecule has 0 aliphatic carbocycles. The number of hydrogen-bond donors (Lipinski definition) is 0. The monoisotopic (exact) mass is 460 g/mol. The van der Waals surface area contributed by atoms with E-state index >= 15 is 0 Å². The first-order chi connectivity index (χ1) is 15.8. The van der Waals surface area contributed by atoms with Crippen molar-refractivity contribution < 1.29 is 28.0 Å². The van der Waals surface area contributed by atoms with Crippen molar-refractivity contribution in [1.29, 1.82) is 0 Å². The molecular weight excluding hydrogens is 431 g/mol. The van der Waals surface area contributed by atoms with E-state index in [0.717, 1.165) is 0 Å². The number of carbonyl (C=O) groups is 3. The molecule has 1 aromatic carbocycles. The highest BCUT2D eigenvalue weighted by molar-refractivity contribution is 5.85. The number of nitrogens with zero attached hydrogens (tertiary/aromatic N) is 4. The first-order valence-electron chi connectivity index (χ1n) is 11.1. The number of halogens is 1. The smallest absolute Gasteiger partial charge is 0.309 e. The predicted octanol–water partition coefficient (Wildman–Crippen LogP) is 2.38. The Balaban J connectivity index is 1.44. The number of likely N-dealkylation sites (tertiary alicyclic amines) is 1. The number of hydrogen-bond acceptors (Lipinski definition) is 7. The first kappa shape index (κ1) is 24.3. The molecule has 0 radical (unpaired) electrons. The molecule has 1 saturated heterocycles. The fraction of sp³-hybridized carbons (Fsp3) is 0.522. The summed E-state index contributed by atoms with van der Waals surface area (Å²) in [5.41, 5.74) is 1.11. The Kier molecular flexibility index (Phi) is 8.13. The molecular formula is C23H29FN4O5. The number of benzene rings is 1. The minimum Gasteiger partial charge on any atom is -0.466 e. The fourth-order valence-electron chi connectivity index (χ4n) is 3.68. The van der Waals surface area contributed by atoms with E-state index in [9.17, 15) is 18.8 Å². The Morgan fingerprint density at radius 3 is 2.67 bits per heavy atom. The van der Waals surface area contributed by atoms with Gasteiger partial charge in [0.2, 0.25) is 23.5 Å². The number of rotatable bonds is 8. The average molecular weight is 461 g/mol. The number of carbonyl (C=O) groups excluding carboxylic acids is 3. The quantitative estimate of drug-likeness (QED) is 0.557. The highest BCUT2D eigenvalue weighted by atomic mass is 19.1. The summed E-state index contributed by atoms with van der Waals surface area (Å²) >= 11 is 0. The minimum atomic E-state index is -0.311. The highest BCUT2D eigenvalue weighted by Crippen LogP contribution is 2.20. The highest BCUT2D eigenvalue weighted by Gasteiger charge is 2.29. The maximum absolute atomic E-state index is 13.4. The van der Waals surface area contributed by atoms with E-state index in [2.05, 4.69) is 10.1 Å². The molecule has 2 aromatic rings. The average Bonchev–Trinajstić information content (AvgIpc) is 3.28. The zero-order valence-corrected chi connectivity index (χ0v) is 19.2. The molecule has 3 rings (SSSR count). The molecule has 0 N–H and O–H groups in total. The van der Waals surface area contributed by atoms with Gasteiger partial charge in [-0.05, 0) is 50.5 Å². The number of esters is 1. The molecule has 9 nitrogen and oxygen atoms in total. The normalized spacial score (nSPS) is 14.2. The predicted molar refractivity (Wildman–Crippen MR) is 116 cm³/mol. The zero-order chi connectivity index (χ0) is 24.0. The second-order valence-electron chi connectivity index (χ2n) is 8.13. The SMILES string of the molecule is CCOC(=O)C1CCN(C(=O)CN(C)C(=O)CCc2nc(-c3ccc(F)c(C)c3)no2)CC1. The largest absolute Gasteiger partial charge is 0.466 e. The molecule has 1 aliphatic heterocycles. The van der Waals surface area contributed by atoms with E-state index in [1.54, 1.807) is 37.9 Å². The molecule has 1 aromatic heterocycles. The molecule has 0 saturated carbocycles. The Labute approximate surface area is 191 Å². The lowest BCUT2D eigenvalue weighted by molar-refractivity contribution is -0.151. The maximum atomic E-state index is 13.4. The number of likely N-dealkylation sites (N-methyl/N-ethyl adjacent to an activating group) is 1. The van der Waals surface area contributed by atoms with Crippen LogP contribution in [0.3, 0.4) is 0 Å². The third kappa shape index (κ3) is 6.36. The molecule has 178 valence electrons. The molecule has 2 amide bonds. The van der Waals surface area contributed by atoms with Crippen molar-refractivity contribution in [1.82, 2.24) is 19.9 Å². The van der Waals surface area contributed by atoms with Crippen LogP contribution in [0.25, 0.3) is 11.4 Å². The van der Waals surface area contributed by atoms with Gasteiger partial charge in [-0.15, -0.1) is 0 Å². The number of piperidine rings is 1. The van der Waals surface area contributed by atoms with Gasteiger partial charge in [-0.3, -0.25) is 14.4 Å². The molecule has 0 bridgehead atoms. The van der Waals surface area contributed by atoms with Gasteiger partial charge in [-0.1, -0.05) is 5.16 Å². The molecule has 1 fully saturated rings. The first-order valence-corrected chi connectivity index (χ1v) is 11.1. The van der Waals surface area contributed by atoms with Gasteiger partial charge >= 0.3 is 5.97 Å². The van der Waals surface area contributed by atoms with Crippen molar-refractivity contribution in [2.45, 2.75) is 39.5 Å². The van der Waals surface area contributed by atoms with Crippen molar-refractivity contribution >= 4 is 17.8 Å². The lowest BCUT2D eigenvalue weighted by Gasteiger charge is -2.32. The van der Waals surface area contributed by atoms with E-state index in [1.807, 2.05) is 0 Å². The van der Waals surface area contributed by atoms with Gasteiger partial charge in [0.15, 0.2) is 0 Å². The van der Waals surface area contributed by atoms with Gasteiger partial charge in [0, 0.05) is 38.5 Å². The van der Waals surface area contributed by atoms with Crippen molar-refractivity contribution in [3.8, 4) is 11.4 Å². The van der Waals surface area contributed by atoms with E-state index in [4.69, 9.17) is 9.26 Å². The second kappa shape index (κ2) is 11.0. The van der Waals surface area contributed by atoms with Gasteiger partial charge in [0.05, 0.1) is 19.1 Å². The summed E-state index contributed by atoms with van der Waals surface area (Å²) < 4.78 is 23.7. The minimum absolute atomic E-state index is 0.0349. The summed E-state index contributed by atoms with van der Waals surface area (Å²) in [7, 11) is 1.58. The van der Waals surface area contributed by atoms with Crippen LogP contribution >= 0.6 is 0 Å². The van der Waals surface area contributed by atoms with Crippen LogP contribution in [0.5, 0.6) is 0 Å². The Bertz CT molecular complexity index is 1000. The van der Waals surface area contributed by atoms with E-state index in [1.165, 1.54) is 11.0 Å². The second-order valence-corrected chi connectivity index (χ2v) is 8.13. The van der Waals surface area contributed by atoms with Gasteiger partial charge < -0.3 is 19.1 Å². The lowest BCUT2D eigenvalue weighted by atomic mass is 9.97. The van der Waals surface area contributed by atoms with Gasteiger partial charge in [-0.2, -0.15) is 4.98 Å². The Hall–Kier alpha value is -3.30. The Morgan fingerprint density at radius 2 is 2.00 bits per heavy atom. The van der Waals surface area contributed by atoms with Crippen molar-refractivity contribution in [3.63, 3.8) is 0 Å². The van der Waals surface area contributed by atoms with Crippen molar-refractivity contribution in [3.05, 3.63) is 35.5 Å². The number of ether oxygens (including phenoxy) is 1. The molecule has 0 unspecified atom stereocenters. The summed E-state index contributed by atoms with van der Waals surface area (Å²) in [5.74, 6) is -0.449. The van der Waals surface area contributed by atoms with E-state index in [-0.39, 0.29) is 48.9 Å². The van der Waals surface area contributed by atoms with Crippen LogP contribution in [-0.4, -0.2) is 71.0 Å². The standard InChI is InChI=1S/C23H29FN4O5/c1-4-32-23(31)16-9-11-28(12-10-16)21(30)14-27(3)20(29)8-7-19-25-22(26-33-19)17-5-6-18(24)15(2)13-17/h5-6,13,16H,4,7-12,14H2,1-3H3. The summed E-state index contributed by atoms with van der Waals surface area (Å²) in [4.78, 5) is 44.2. The number of amides is 2. The molecule has 33 heavy (non-hydrogen) atoms. The van der Waals surface area contributed by atoms with E-state index in [0.29, 0.717) is 55.4 Å². The van der Waals surface area contributed by atoms with Crippen LogP contribution in [0.4, 0.5) is 4.39 Å². The summed E-state index contributed by atoms with van der Waals surface area (Å²) in [5, 5.41) is 3.89. The summed E-state index contributed by atoms with van der Waals surface area (Å²) in [6, 6.07) is 4.54.